The molecule has 0 aliphatic rings. The van der Waals surface area contributed by atoms with Crippen LogP contribution in [0.1, 0.15) is 24.7 Å². The molecule has 0 aliphatic carbocycles. The first-order valence-corrected chi connectivity index (χ1v) is 8.03. The lowest BCUT2D eigenvalue weighted by Crippen LogP contribution is -2.14. The molecule has 2 rings (SSSR count). The fraction of sp³-hybridized carbons (Fsp3) is 0.333. The maximum Gasteiger partial charge on any atom is 0.138 e. The largest absolute Gasteiger partial charge is 0.313 e. The van der Waals surface area contributed by atoms with Gasteiger partial charge in [-0.3, -0.25) is 0 Å². The highest BCUT2D eigenvalue weighted by Crippen LogP contribution is 2.28. The van der Waals surface area contributed by atoms with Crippen molar-refractivity contribution >= 4 is 23.4 Å². The third kappa shape index (κ3) is 4.78. The summed E-state index contributed by atoms with van der Waals surface area (Å²) in [6, 6.07) is 7.82. The Morgan fingerprint density at radius 2 is 1.95 bits per heavy atom. The summed E-state index contributed by atoms with van der Waals surface area (Å²) in [5, 5.41) is 4.11. The highest BCUT2D eigenvalue weighted by Gasteiger charge is 2.03. The molecular weight excluding hydrogens is 290 g/mol. The minimum Gasteiger partial charge on any atom is -0.313 e. The molecule has 2 aromatic rings. The van der Waals surface area contributed by atoms with Gasteiger partial charge in [-0.25, -0.2) is 9.97 Å². The Labute approximate surface area is 129 Å². The van der Waals surface area contributed by atoms with Crippen LogP contribution < -0.4 is 5.32 Å². The summed E-state index contributed by atoms with van der Waals surface area (Å²) < 4.78 is 0. The number of hydrogen-bond acceptors (Lipinski definition) is 4. The molecule has 106 valence electrons. The highest BCUT2D eigenvalue weighted by atomic mass is 35.5. The Bertz CT molecular complexity index is 531. The van der Waals surface area contributed by atoms with Gasteiger partial charge in [0.15, 0.2) is 0 Å². The molecule has 0 saturated carbocycles. The van der Waals surface area contributed by atoms with Gasteiger partial charge in [-0.15, -0.1) is 11.8 Å². The molecule has 3 nitrogen and oxygen atoms in total. The van der Waals surface area contributed by atoms with E-state index in [1.54, 1.807) is 11.8 Å². The molecule has 0 spiro atoms. The van der Waals surface area contributed by atoms with E-state index in [0.29, 0.717) is 0 Å². The smallest absolute Gasteiger partial charge is 0.138 e. The van der Waals surface area contributed by atoms with E-state index in [1.165, 1.54) is 0 Å². The van der Waals surface area contributed by atoms with Crippen LogP contribution in [-0.2, 0) is 12.3 Å². The van der Waals surface area contributed by atoms with Gasteiger partial charge in [0, 0.05) is 29.4 Å². The van der Waals surface area contributed by atoms with E-state index in [1.807, 2.05) is 36.7 Å². The number of aromatic nitrogens is 2. The molecule has 1 aromatic heterocycles. The average molecular weight is 308 g/mol. The minimum absolute atomic E-state index is 0.729. The van der Waals surface area contributed by atoms with Crippen molar-refractivity contribution < 1.29 is 0 Å². The van der Waals surface area contributed by atoms with Crippen molar-refractivity contribution in [3.05, 3.63) is 53.1 Å². The van der Waals surface area contributed by atoms with E-state index in [2.05, 4.69) is 22.2 Å². The van der Waals surface area contributed by atoms with Crippen molar-refractivity contribution in [1.29, 1.82) is 0 Å². The Balaban J connectivity index is 1.86. The molecule has 1 heterocycles. The van der Waals surface area contributed by atoms with Crippen LogP contribution in [0.15, 0.2) is 41.6 Å². The van der Waals surface area contributed by atoms with Crippen LogP contribution in [0.5, 0.6) is 0 Å². The Kier molecular flexibility index (Phi) is 6.30. The van der Waals surface area contributed by atoms with Gasteiger partial charge in [-0.05, 0) is 25.1 Å². The fourth-order valence-corrected chi connectivity index (χ4v) is 2.77. The predicted octanol–water partition coefficient (Wildman–Crippen LogP) is 3.92. The Morgan fingerprint density at radius 1 is 1.20 bits per heavy atom. The molecule has 1 aromatic carbocycles. The summed E-state index contributed by atoms with van der Waals surface area (Å²) >= 11 is 7.77. The summed E-state index contributed by atoms with van der Waals surface area (Å²) in [6.07, 6.45) is 4.91. The van der Waals surface area contributed by atoms with Crippen LogP contribution in [0.4, 0.5) is 0 Å². The highest BCUT2D eigenvalue weighted by molar-refractivity contribution is 7.98. The molecule has 0 fully saturated rings. The van der Waals surface area contributed by atoms with Gasteiger partial charge in [0.1, 0.15) is 5.82 Å². The van der Waals surface area contributed by atoms with Crippen molar-refractivity contribution in [3.63, 3.8) is 0 Å². The number of benzene rings is 1. The van der Waals surface area contributed by atoms with Crippen LogP contribution in [0.3, 0.4) is 0 Å². The second-order valence-electron chi connectivity index (χ2n) is 4.40. The molecule has 20 heavy (non-hydrogen) atoms. The van der Waals surface area contributed by atoms with Crippen molar-refractivity contribution in [2.75, 3.05) is 6.54 Å². The molecule has 0 atom stereocenters. The number of nitrogens with one attached hydrogen (secondary N) is 1. The van der Waals surface area contributed by atoms with Gasteiger partial charge in [0.05, 0.1) is 10.8 Å². The molecule has 1 N–H and O–H groups in total. The molecule has 0 radical (unpaired) electrons. The fourth-order valence-electron chi connectivity index (χ4n) is 1.66. The van der Waals surface area contributed by atoms with Crippen LogP contribution in [0.2, 0.25) is 5.02 Å². The first kappa shape index (κ1) is 15.3. The average Bonchev–Trinajstić information content (AvgIpc) is 2.48. The van der Waals surface area contributed by atoms with Crippen LogP contribution in [0.25, 0.3) is 0 Å². The minimum atomic E-state index is 0.729. The van der Waals surface area contributed by atoms with Crippen LogP contribution in [-0.4, -0.2) is 16.5 Å². The third-order valence-corrected chi connectivity index (χ3v) is 4.22. The lowest BCUT2D eigenvalue weighted by molar-refractivity contribution is 0.671. The van der Waals surface area contributed by atoms with Gasteiger partial charge in [-0.1, -0.05) is 30.7 Å². The van der Waals surface area contributed by atoms with E-state index in [9.17, 15) is 0 Å². The van der Waals surface area contributed by atoms with Gasteiger partial charge in [0.25, 0.3) is 0 Å². The SMILES string of the molecule is CCCNCc1cnc(CSc2ccccc2Cl)nc1. The zero-order valence-electron chi connectivity index (χ0n) is 11.5. The normalized spacial score (nSPS) is 10.7. The third-order valence-electron chi connectivity index (χ3n) is 2.71. The summed E-state index contributed by atoms with van der Waals surface area (Å²) in [4.78, 5) is 9.84. The van der Waals surface area contributed by atoms with Gasteiger partial charge < -0.3 is 5.32 Å². The maximum absolute atomic E-state index is 6.12. The quantitative estimate of drug-likeness (QED) is 0.621. The van der Waals surface area contributed by atoms with Gasteiger partial charge in [0.2, 0.25) is 0 Å². The maximum atomic E-state index is 6.12. The van der Waals surface area contributed by atoms with Crippen molar-refractivity contribution in [2.24, 2.45) is 0 Å². The first-order valence-electron chi connectivity index (χ1n) is 6.67. The lowest BCUT2D eigenvalue weighted by atomic mass is 10.3. The molecule has 0 amide bonds. The summed E-state index contributed by atoms with van der Waals surface area (Å²) in [5.74, 6) is 1.56. The number of thioether (sulfide) groups is 1. The molecule has 0 bridgehead atoms. The van der Waals surface area contributed by atoms with E-state index in [4.69, 9.17) is 11.6 Å². The Morgan fingerprint density at radius 3 is 2.65 bits per heavy atom. The van der Waals surface area contributed by atoms with Gasteiger partial charge in [-0.2, -0.15) is 0 Å². The number of hydrogen-bond donors (Lipinski definition) is 1. The predicted molar refractivity (Wildman–Crippen MR) is 85.0 cm³/mol. The molecular formula is C15H18ClN3S. The molecule has 5 heteroatoms. The van der Waals surface area contributed by atoms with Crippen molar-refractivity contribution in [3.8, 4) is 0 Å². The second kappa shape index (κ2) is 8.25. The zero-order chi connectivity index (χ0) is 14.2. The Hall–Kier alpha value is -1.10. The first-order chi connectivity index (χ1) is 9.79. The zero-order valence-corrected chi connectivity index (χ0v) is 13.0. The number of nitrogens with zero attached hydrogens (tertiary/aromatic N) is 2. The molecule has 0 saturated heterocycles. The van der Waals surface area contributed by atoms with E-state index in [0.717, 1.165) is 46.6 Å². The lowest BCUT2D eigenvalue weighted by Gasteiger charge is -2.05. The molecule has 0 unspecified atom stereocenters. The monoisotopic (exact) mass is 307 g/mol. The van der Waals surface area contributed by atoms with Gasteiger partial charge >= 0.3 is 0 Å². The summed E-state index contributed by atoms with van der Waals surface area (Å²) in [7, 11) is 0. The van der Waals surface area contributed by atoms with Crippen LogP contribution in [0, 0.1) is 0 Å². The number of rotatable bonds is 7. The van der Waals surface area contributed by atoms with E-state index < -0.39 is 0 Å². The summed E-state index contributed by atoms with van der Waals surface area (Å²) in [6.45, 7) is 3.99. The van der Waals surface area contributed by atoms with Crippen molar-refractivity contribution in [1.82, 2.24) is 15.3 Å². The molecule has 0 aliphatic heterocycles. The number of halogens is 1. The van der Waals surface area contributed by atoms with E-state index in [-0.39, 0.29) is 0 Å². The second-order valence-corrected chi connectivity index (χ2v) is 5.83. The van der Waals surface area contributed by atoms with E-state index >= 15 is 0 Å². The van der Waals surface area contributed by atoms with Crippen molar-refractivity contribution in [2.45, 2.75) is 30.5 Å². The topological polar surface area (TPSA) is 37.8 Å². The summed E-state index contributed by atoms with van der Waals surface area (Å²) in [5.41, 5.74) is 1.12. The van der Waals surface area contributed by atoms with Crippen LogP contribution >= 0.6 is 23.4 Å². The standard InChI is InChI=1S/C15H18ClN3S/c1-2-7-17-8-12-9-18-15(19-10-12)11-20-14-6-4-3-5-13(14)16/h3-6,9-10,17H,2,7-8,11H2,1H3.